The van der Waals surface area contributed by atoms with Crippen molar-refractivity contribution in [2.24, 2.45) is 0 Å². The standard InChI is InChI=1S/C11H10BrNO5/c1-17-10(14)11(4-5-11)18-9-3-2-7(12)6-8(9)13(15)16/h2-3,6H,4-5H2,1H3. The second-order valence-electron chi connectivity index (χ2n) is 3.96. The SMILES string of the molecule is COC(=O)C1(Oc2ccc(Br)cc2[N+](=O)[O-])CC1. The highest BCUT2D eigenvalue weighted by atomic mass is 79.9. The molecular formula is C11H10BrNO5. The molecule has 1 aromatic carbocycles. The number of nitro groups is 1. The third-order valence-electron chi connectivity index (χ3n) is 2.68. The minimum absolute atomic E-state index is 0.0751. The van der Waals surface area contributed by atoms with Gasteiger partial charge >= 0.3 is 11.7 Å². The highest BCUT2D eigenvalue weighted by Crippen LogP contribution is 2.44. The Bertz CT molecular complexity index is 512. The number of ether oxygens (including phenoxy) is 2. The number of halogens is 1. The Labute approximate surface area is 111 Å². The molecule has 0 radical (unpaired) electrons. The van der Waals surface area contributed by atoms with Gasteiger partial charge in [0.1, 0.15) is 0 Å². The van der Waals surface area contributed by atoms with Crippen LogP contribution < -0.4 is 4.74 Å². The first-order valence-electron chi connectivity index (χ1n) is 5.20. The average molecular weight is 316 g/mol. The number of carbonyl (C=O) groups excluding carboxylic acids is 1. The van der Waals surface area contributed by atoms with Crippen molar-refractivity contribution >= 4 is 27.6 Å². The van der Waals surface area contributed by atoms with Crippen LogP contribution in [0.1, 0.15) is 12.8 Å². The molecule has 0 saturated heterocycles. The molecule has 0 N–H and O–H groups in total. The summed E-state index contributed by atoms with van der Waals surface area (Å²) in [5.41, 5.74) is -1.23. The predicted octanol–water partition coefficient (Wildman–Crippen LogP) is 2.44. The Kier molecular flexibility index (Phi) is 3.25. The van der Waals surface area contributed by atoms with Crippen LogP contribution in [0.2, 0.25) is 0 Å². The van der Waals surface area contributed by atoms with E-state index >= 15 is 0 Å². The van der Waals surface area contributed by atoms with Gasteiger partial charge in [-0.25, -0.2) is 4.79 Å². The predicted molar refractivity (Wildman–Crippen MR) is 65.4 cm³/mol. The maximum Gasteiger partial charge on any atom is 0.350 e. The first-order valence-corrected chi connectivity index (χ1v) is 5.99. The maximum absolute atomic E-state index is 11.5. The zero-order valence-corrected chi connectivity index (χ0v) is 11.1. The summed E-state index contributed by atoms with van der Waals surface area (Å²) in [6.07, 6.45) is 1.01. The molecule has 1 aliphatic rings. The van der Waals surface area contributed by atoms with E-state index in [-0.39, 0.29) is 11.4 Å². The molecule has 1 saturated carbocycles. The minimum atomic E-state index is -1.05. The molecule has 2 rings (SSSR count). The number of hydrogen-bond acceptors (Lipinski definition) is 5. The minimum Gasteiger partial charge on any atom is -0.468 e. The Morgan fingerprint density at radius 1 is 1.50 bits per heavy atom. The summed E-state index contributed by atoms with van der Waals surface area (Å²) in [6, 6.07) is 4.42. The summed E-state index contributed by atoms with van der Waals surface area (Å²) >= 11 is 3.15. The number of nitro benzene ring substituents is 1. The average Bonchev–Trinajstić information content (AvgIpc) is 3.11. The molecule has 0 amide bonds. The molecular weight excluding hydrogens is 306 g/mol. The Balaban J connectivity index is 2.30. The zero-order valence-electron chi connectivity index (χ0n) is 9.51. The molecule has 0 aliphatic heterocycles. The number of esters is 1. The van der Waals surface area contributed by atoms with Crippen LogP contribution in [0.4, 0.5) is 5.69 Å². The van der Waals surface area contributed by atoms with E-state index in [9.17, 15) is 14.9 Å². The van der Waals surface area contributed by atoms with E-state index in [4.69, 9.17) is 4.74 Å². The molecule has 0 unspecified atom stereocenters. The lowest BCUT2D eigenvalue weighted by molar-refractivity contribution is -0.386. The Morgan fingerprint density at radius 3 is 2.67 bits per heavy atom. The number of hydrogen-bond donors (Lipinski definition) is 0. The van der Waals surface area contributed by atoms with Gasteiger partial charge < -0.3 is 9.47 Å². The van der Waals surface area contributed by atoms with Crippen molar-refractivity contribution in [2.75, 3.05) is 7.11 Å². The van der Waals surface area contributed by atoms with Gasteiger partial charge in [-0.2, -0.15) is 0 Å². The highest BCUT2D eigenvalue weighted by molar-refractivity contribution is 9.10. The molecule has 6 nitrogen and oxygen atoms in total. The summed E-state index contributed by atoms with van der Waals surface area (Å²) in [7, 11) is 1.27. The summed E-state index contributed by atoms with van der Waals surface area (Å²) in [5.74, 6) is -0.425. The van der Waals surface area contributed by atoms with E-state index in [1.807, 2.05) is 0 Å². The third kappa shape index (κ3) is 2.31. The van der Waals surface area contributed by atoms with Crippen LogP contribution in [-0.2, 0) is 9.53 Å². The van der Waals surface area contributed by atoms with Crippen LogP contribution in [0.3, 0.4) is 0 Å². The number of nitrogens with zero attached hydrogens (tertiary/aromatic N) is 1. The number of rotatable bonds is 4. The number of benzene rings is 1. The second-order valence-corrected chi connectivity index (χ2v) is 4.87. The van der Waals surface area contributed by atoms with Crippen LogP contribution in [0, 0.1) is 10.1 Å². The van der Waals surface area contributed by atoms with Gasteiger partial charge in [0.2, 0.25) is 5.60 Å². The molecule has 7 heteroatoms. The van der Waals surface area contributed by atoms with Gasteiger partial charge in [0.15, 0.2) is 5.75 Å². The van der Waals surface area contributed by atoms with Crippen LogP contribution in [0.5, 0.6) is 5.75 Å². The van der Waals surface area contributed by atoms with Crippen molar-refractivity contribution in [1.29, 1.82) is 0 Å². The molecule has 0 heterocycles. The van der Waals surface area contributed by atoms with Gasteiger partial charge in [-0.15, -0.1) is 0 Å². The van der Waals surface area contributed by atoms with Crippen molar-refractivity contribution in [3.63, 3.8) is 0 Å². The Hall–Kier alpha value is -1.63. The van der Waals surface area contributed by atoms with Gasteiger partial charge in [0.25, 0.3) is 0 Å². The van der Waals surface area contributed by atoms with Gasteiger partial charge in [0, 0.05) is 23.4 Å². The second kappa shape index (κ2) is 4.56. The lowest BCUT2D eigenvalue weighted by Crippen LogP contribution is -2.30. The highest BCUT2D eigenvalue weighted by Gasteiger charge is 2.55. The van der Waals surface area contributed by atoms with Crippen LogP contribution in [0.25, 0.3) is 0 Å². The number of methoxy groups -OCH3 is 1. The first kappa shape index (κ1) is 12.8. The summed E-state index contributed by atoms with van der Waals surface area (Å²) in [4.78, 5) is 21.9. The fourth-order valence-electron chi connectivity index (χ4n) is 1.58. The van der Waals surface area contributed by atoms with Crippen molar-refractivity contribution in [1.82, 2.24) is 0 Å². The van der Waals surface area contributed by atoms with E-state index in [0.29, 0.717) is 17.3 Å². The van der Waals surface area contributed by atoms with Crippen LogP contribution in [0.15, 0.2) is 22.7 Å². The van der Waals surface area contributed by atoms with Crippen molar-refractivity contribution in [2.45, 2.75) is 18.4 Å². The van der Waals surface area contributed by atoms with E-state index in [0.717, 1.165) is 0 Å². The van der Waals surface area contributed by atoms with E-state index in [1.165, 1.54) is 19.2 Å². The molecule has 0 aromatic heterocycles. The lowest BCUT2D eigenvalue weighted by Gasteiger charge is -2.15. The van der Waals surface area contributed by atoms with E-state index in [2.05, 4.69) is 20.7 Å². The van der Waals surface area contributed by atoms with Gasteiger partial charge in [-0.05, 0) is 12.1 Å². The number of carbonyl (C=O) groups is 1. The topological polar surface area (TPSA) is 78.7 Å². The zero-order chi connectivity index (χ0) is 13.3. The van der Waals surface area contributed by atoms with Gasteiger partial charge in [0.05, 0.1) is 12.0 Å². The molecule has 1 fully saturated rings. The van der Waals surface area contributed by atoms with E-state index in [1.54, 1.807) is 6.07 Å². The quantitative estimate of drug-likeness (QED) is 0.484. The molecule has 18 heavy (non-hydrogen) atoms. The normalized spacial score (nSPS) is 15.9. The molecule has 0 atom stereocenters. The van der Waals surface area contributed by atoms with Crippen LogP contribution >= 0.6 is 15.9 Å². The lowest BCUT2D eigenvalue weighted by atomic mass is 10.3. The molecule has 0 bridgehead atoms. The Morgan fingerprint density at radius 2 is 2.17 bits per heavy atom. The van der Waals surface area contributed by atoms with Crippen LogP contribution in [-0.4, -0.2) is 23.6 Å². The maximum atomic E-state index is 11.5. The summed E-state index contributed by atoms with van der Waals surface area (Å²) in [6.45, 7) is 0. The van der Waals surface area contributed by atoms with Gasteiger partial charge in [-0.1, -0.05) is 15.9 Å². The fraction of sp³-hybridized carbons (Fsp3) is 0.364. The largest absolute Gasteiger partial charge is 0.468 e. The third-order valence-corrected chi connectivity index (χ3v) is 3.18. The molecule has 96 valence electrons. The summed E-state index contributed by atoms with van der Waals surface area (Å²) < 4.78 is 10.7. The van der Waals surface area contributed by atoms with Crippen molar-refractivity contribution < 1.29 is 19.2 Å². The fourth-order valence-corrected chi connectivity index (χ4v) is 1.93. The van der Waals surface area contributed by atoms with Crippen molar-refractivity contribution in [3.8, 4) is 5.75 Å². The summed E-state index contributed by atoms with van der Waals surface area (Å²) in [5, 5.41) is 10.9. The molecule has 1 aliphatic carbocycles. The van der Waals surface area contributed by atoms with E-state index < -0.39 is 16.5 Å². The smallest absolute Gasteiger partial charge is 0.350 e. The van der Waals surface area contributed by atoms with Crippen molar-refractivity contribution in [3.05, 3.63) is 32.8 Å². The van der Waals surface area contributed by atoms with Gasteiger partial charge in [-0.3, -0.25) is 10.1 Å². The molecule has 1 aromatic rings. The molecule has 0 spiro atoms. The monoisotopic (exact) mass is 315 g/mol. The first-order chi connectivity index (χ1) is 8.48.